The van der Waals surface area contributed by atoms with Gasteiger partial charge in [-0.2, -0.15) is 10.2 Å². The molecule has 0 radical (unpaired) electrons. The largest absolute Gasteiger partial charge is 0.386 e. The number of aromatic nitrogens is 4. The SMILES string of the molecule is CNc1cnnc2c1cnn2C1CCCC1. The topological polar surface area (TPSA) is 55.6 Å². The van der Waals surface area contributed by atoms with Crippen molar-refractivity contribution < 1.29 is 0 Å². The highest BCUT2D eigenvalue weighted by Crippen LogP contribution is 2.31. The molecule has 0 bridgehead atoms. The van der Waals surface area contributed by atoms with E-state index in [2.05, 4.69) is 20.6 Å². The third kappa shape index (κ3) is 1.35. The molecule has 1 aliphatic rings. The van der Waals surface area contributed by atoms with Gasteiger partial charge in [-0.15, -0.1) is 5.10 Å². The molecule has 84 valence electrons. The van der Waals surface area contributed by atoms with Gasteiger partial charge in [-0.25, -0.2) is 4.68 Å². The Labute approximate surface area is 93.9 Å². The first-order valence-corrected chi connectivity index (χ1v) is 5.77. The van der Waals surface area contributed by atoms with Gasteiger partial charge in [0.2, 0.25) is 0 Å². The highest BCUT2D eigenvalue weighted by atomic mass is 15.3. The summed E-state index contributed by atoms with van der Waals surface area (Å²) in [6, 6.07) is 0.513. The predicted octanol–water partition coefficient (Wildman–Crippen LogP) is 1.98. The molecule has 0 unspecified atom stereocenters. The van der Waals surface area contributed by atoms with E-state index in [1.165, 1.54) is 25.7 Å². The van der Waals surface area contributed by atoms with Crippen LogP contribution in [0.3, 0.4) is 0 Å². The van der Waals surface area contributed by atoms with Gasteiger partial charge in [0.1, 0.15) is 0 Å². The second-order valence-electron chi connectivity index (χ2n) is 4.27. The van der Waals surface area contributed by atoms with Crippen LogP contribution in [0.5, 0.6) is 0 Å². The Morgan fingerprint density at radius 1 is 1.31 bits per heavy atom. The molecule has 0 aromatic carbocycles. The first-order valence-electron chi connectivity index (χ1n) is 5.77. The maximum atomic E-state index is 4.46. The van der Waals surface area contributed by atoms with Gasteiger partial charge in [-0.05, 0) is 12.8 Å². The van der Waals surface area contributed by atoms with E-state index >= 15 is 0 Å². The van der Waals surface area contributed by atoms with Gasteiger partial charge in [0.15, 0.2) is 5.65 Å². The summed E-state index contributed by atoms with van der Waals surface area (Å²) in [7, 11) is 1.89. The van der Waals surface area contributed by atoms with Crippen LogP contribution in [0.1, 0.15) is 31.7 Å². The fraction of sp³-hybridized carbons (Fsp3) is 0.545. The number of hydrogen-bond donors (Lipinski definition) is 1. The fourth-order valence-corrected chi connectivity index (χ4v) is 2.47. The lowest BCUT2D eigenvalue weighted by atomic mass is 10.2. The number of nitrogens with zero attached hydrogens (tertiary/aromatic N) is 4. The van der Waals surface area contributed by atoms with Crippen LogP contribution in [-0.2, 0) is 0 Å². The number of hydrogen-bond acceptors (Lipinski definition) is 4. The smallest absolute Gasteiger partial charge is 0.182 e. The normalized spacial score (nSPS) is 17.1. The summed E-state index contributed by atoms with van der Waals surface area (Å²) in [5.41, 5.74) is 1.90. The van der Waals surface area contributed by atoms with Crippen LogP contribution >= 0.6 is 0 Å². The Morgan fingerprint density at radius 3 is 2.88 bits per heavy atom. The molecule has 2 aromatic rings. The Bertz CT molecular complexity index is 498. The lowest BCUT2D eigenvalue weighted by Gasteiger charge is -2.10. The molecule has 16 heavy (non-hydrogen) atoms. The highest BCUT2D eigenvalue weighted by Gasteiger charge is 2.20. The van der Waals surface area contributed by atoms with Gasteiger partial charge in [-0.1, -0.05) is 12.8 Å². The average molecular weight is 217 g/mol. The van der Waals surface area contributed by atoms with Crippen molar-refractivity contribution in [2.24, 2.45) is 0 Å². The molecular weight excluding hydrogens is 202 g/mol. The Hall–Kier alpha value is -1.65. The van der Waals surface area contributed by atoms with Gasteiger partial charge in [-0.3, -0.25) is 0 Å². The first kappa shape index (κ1) is 9.57. The van der Waals surface area contributed by atoms with Gasteiger partial charge < -0.3 is 5.32 Å². The number of fused-ring (bicyclic) bond motifs is 1. The van der Waals surface area contributed by atoms with E-state index in [1.807, 2.05) is 17.9 Å². The minimum Gasteiger partial charge on any atom is -0.386 e. The van der Waals surface area contributed by atoms with Crippen molar-refractivity contribution in [3.8, 4) is 0 Å². The van der Waals surface area contributed by atoms with Crippen molar-refractivity contribution in [1.29, 1.82) is 0 Å². The molecule has 1 N–H and O–H groups in total. The summed E-state index contributed by atoms with van der Waals surface area (Å²) in [5.74, 6) is 0. The summed E-state index contributed by atoms with van der Waals surface area (Å²) < 4.78 is 2.04. The maximum absolute atomic E-state index is 4.46. The van der Waals surface area contributed by atoms with Crippen LogP contribution in [0.15, 0.2) is 12.4 Å². The van der Waals surface area contributed by atoms with Crippen molar-refractivity contribution in [2.75, 3.05) is 12.4 Å². The molecular formula is C11H15N5. The molecule has 1 aliphatic carbocycles. The molecule has 0 saturated heterocycles. The molecule has 2 heterocycles. The van der Waals surface area contributed by atoms with E-state index < -0.39 is 0 Å². The van der Waals surface area contributed by atoms with Crippen LogP contribution in [0.25, 0.3) is 11.0 Å². The van der Waals surface area contributed by atoms with Crippen molar-refractivity contribution in [2.45, 2.75) is 31.7 Å². The third-order valence-electron chi connectivity index (χ3n) is 3.34. The van der Waals surface area contributed by atoms with E-state index in [0.29, 0.717) is 6.04 Å². The first-order chi connectivity index (χ1) is 7.90. The summed E-state index contributed by atoms with van der Waals surface area (Å²) in [6.07, 6.45) is 8.64. The number of rotatable bonds is 2. The van der Waals surface area contributed by atoms with Crippen molar-refractivity contribution in [1.82, 2.24) is 20.0 Å². The second kappa shape index (κ2) is 3.73. The Kier molecular flexibility index (Phi) is 2.23. The minimum atomic E-state index is 0.513. The fourth-order valence-electron chi connectivity index (χ4n) is 2.47. The average Bonchev–Trinajstić information content (AvgIpc) is 2.96. The van der Waals surface area contributed by atoms with Crippen LogP contribution in [0.2, 0.25) is 0 Å². The third-order valence-corrected chi connectivity index (χ3v) is 3.34. The minimum absolute atomic E-state index is 0.513. The van der Waals surface area contributed by atoms with Crippen LogP contribution in [0, 0.1) is 0 Å². The number of anilines is 1. The van der Waals surface area contributed by atoms with Crippen molar-refractivity contribution in [3.63, 3.8) is 0 Å². The van der Waals surface area contributed by atoms with Crippen molar-refractivity contribution >= 4 is 16.7 Å². The molecule has 3 rings (SSSR count). The van der Waals surface area contributed by atoms with Gasteiger partial charge in [0, 0.05) is 7.05 Å². The standard InChI is InChI=1S/C11H15N5/c1-12-10-7-13-15-11-9(10)6-14-16(11)8-4-2-3-5-8/h6-8H,2-5H2,1H3,(H,12,15). The summed E-state index contributed by atoms with van der Waals surface area (Å²) in [6.45, 7) is 0. The lowest BCUT2D eigenvalue weighted by molar-refractivity contribution is 0.477. The van der Waals surface area contributed by atoms with E-state index in [9.17, 15) is 0 Å². The molecule has 1 saturated carbocycles. The van der Waals surface area contributed by atoms with Crippen LogP contribution in [0.4, 0.5) is 5.69 Å². The molecule has 0 atom stereocenters. The van der Waals surface area contributed by atoms with E-state index in [4.69, 9.17) is 0 Å². The van der Waals surface area contributed by atoms with Gasteiger partial charge in [0.25, 0.3) is 0 Å². The zero-order valence-electron chi connectivity index (χ0n) is 9.35. The number of nitrogens with one attached hydrogen (secondary N) is 1. The molecule has 2 aromatic heterocycles. The molecule has 5 nitrogen and oxygen atoms in total. The Morgan fingerprint density at radius 2 is 2.12 bits per heavy atom. The second-order valence-corrected chi connectivity index (χ2v) is 4.27. The molecule has 0 spiro atoms. The highest BCUT2D eigenvalue weighted by molar-refractivity contribution is 5.87. The van der Waals surface area contributed by atoms with E-state index in [1.54, 1.807) is 6.20 Å². The molecule has 0 aliphatic heterocycles. The lowest BCUT2D eigenvalue weighted by Crippen LogP contribution is -2.07. The zero-order chi connectivity index (χ0) is 11.0. The summed E-state index contributed by atoms with van der Waals surface area (Å²) >= 11 is 0. The summed E-state index contributed by atoms with van der Waals surface area (Å²) in [4.78, 5) is 0. The Balaban J connectivity index is 2.12. The van der Waals surface area contributed by atoms with E-state index in [0.717, 1.165) is 16.7 Å². The summed E-state index contributed by atoms with van der Waals surface area (Å²) in [5, 5.41) is 16.9. The van der Waals surface area contributed by atoms with Gasteiger partial charge in [0.05, 0.1) is 29.5 Å². The maximum Gasteiger partial charge on any atom is 0.182 e. The van der Waals surface area contributed by atoms with Crippen LogP contribution in [-0.4, -0.2) is 27.0 Å². The molecule has 5 heteroatoms. The van der Waals surface area contributed by atoms with E-state index in [-0.39, 0.29) is 0 Å². The van der Waals surface area contributed by atoms with Gasteiger partial charge >= 0.3 is 0 Å². The quantitative estimate of drug-likeness (QED) is 0.835. The molecule has 1 fully saturated rings. The van der Waals surface area contributed by atoms with Crippen molar-refractivity contribution in [3.05, 3.63) is 12.4 Å². The monoisotopic (exact) mass is 217 g/mol. The zero-order valence-corrected chi connectivity index (χ0v) is 9.35. The molecule has 0 amide bonds. The van der Waals surface area contributed by atoms with Crippen LogP contribution < -0.4 is 5.32 Å². The predicted molar refractivity (Wildman–Crippen MR) is 62.4 cm³/mol.